The molecule has 0 aliphatic rings. The van der Waals surface area contributed by atoms with E-state index < -0.39 is 0 Å². The van der Waals surface area contributed by atoms with Gasteiger partial charge in [-0.15, -0.1) is 0 Å². The highest BCUT2D eigenvalue weighted by Gasteiger charge is 2.15. The average Bonchev–Trinajstić information content (AvgIpc) is 3.01. The summed E-state index contributed by atoms with van der Waals surface area (Å²) in [5.41, 5.74) is 4.09. The molecular weight excluding hydrogens is 342 g/mol. The van der Waals surface area contributed by atoms with Crippen LogP contribution in [0, 0.1) is 6.92 Å². The Morgan fingerprint density at radius 1 is 1.08 bits per heavy atom. The lowest BCUT2D eigenvalue weighted by molar-refractivity contribution is 0.0954. The van der Waals surface area contributed by atoms with Crippen LogP contribution in [0.2, 0.25) is 0 Å². The number of carbonyl (C=O) groups excluding carboxylic acids is 1. The van der Waals surface area contributed by atoms with Crippen molar-refractivity contribution in [1.29, 1.82) is 0 Å². The highest BCUT2D eigenvalue weighted by molar-refractivity contribution is 7.17. The molecule has 0 bridgehead atoms. The van der Waals surface area contributed by atoms with Crippen LogP contribution in [0.4, 0.5) is 10.8 Å². The van der Waals surface area contributed by atoms with Crippen molar-refractivity contribution < 1.29 is 4.79 Å². The minimum atomic E-state index is -0.0888. The standard InChI is InChI=1S/C21H23N3OS/c1-14(2)17-11-9-16(10-12-17)13-22-20(25)19-15(3)23-21(26-19)24-18-7-5-4-6-8-18/h4-12,14H,13H2,1-3H3,(H,22,25)(H,23,24). The van der Waals surface area contributed by atoms with E-state index in [1.807, 2.05) is 37.3 Å². The van der Waals surface area contributed by atoms with E-state index in [4.69, 9.17) is 0 Å². The number of hydrogen-bond donors (Lipinski definition) is 2. The maximum atomic E-state index is 12.5. The first kappa shape index (κ1) is 18.1. The van der Waals surface area contributed by atoms with Gasteiger partial charge in [0.25, 0.3) is 5.91 Å². The third-order valence-corrected chi connectivity index (χ3v) is 5.20. The Morgan fingerprint density at radius 3 is 2.42 bits per heavy atom. The number of thiazole rings is 1. The molecule has 0 saturated carbocycles. The van der Waals surface area contributed by atoms with Crippen LogP contribution in [0.3, 0.4) is 0 Å². The summed E-state index contributed by atoms with van der Waals surface area (Å²) in [4.78, 5) is 17.6. The number of hydrogen-bond acceptors (Lipinski definition) is 4. The number of benzene rings is 2. The van der Waals surface area contributed by atoms with Gasteiger partial charge >= 0.3 is 0 Å². The van der Waals surface area contributed by atoms with Crippen molar-refractivity contribution in [3.05, 3.63) is 76.3 Å². The largest absolute Gasteiger partial charge is 0.347 e. The molecule has 0 atom stereocenters. The lowest BCUT2D eigenvalue weighted by Crippen LogP contribution is -2.22. The summed E-state index contributed by atoms with van der Waals surface area (Å²) in [7, 11) is 0. The van der Waals surface area contributed by atoms with E-state index in [0.717, 1.165) is 22.1 Å². The van der Waals surface area contributed by atoms with Gasteiger partial charge in [-0.05, 0) is 36.1 Å². The lowest BCUT2D eigenvalue weighted by atomic mass is 10.0. The summed E-state index contributed by atoms with van der Waals surface area (Å²) in [5.74, 6) is 0.420. The SMILES string of the molecule is Cc1nc(Nc2ccccc2)sc1C(=O)NCc1ccc(C(C)C)cc1. The molecule has 0 unspecified atom stereocenters. The fourth-order valence-electron chi connectivity index (χ4n) is 2.59. The van der Waals surface area contributed by atoms with Gasteiger partial charge in [-0.1, -0.05) is 67.6 Å². The zero-order chi connectivity index (χ0) is 18.5. The molecule has 3 aromatic rings. The number of nitrogens with zero attached hydrogens (tertiary/aromatic N) is 1. The number of para-hydroxylation sites is 1. The van der Waals surface area contributed by atoms with Crippen molar-refractivity contribution in [2.24, 2.45) is 0 Å². The molecule has 2 aromatic carbocycles. The van der Waals surface area contributed by atoms with Crippen molar-refractivity contribution >= 4 is 28.1 Å². The molecule has 2 N–H and O–H groups in total. The van der Waals surface area contributed by atoms with Crippen molar-refractivity contribution in [2.45, 2.75) is 33.2 Å². The first-order valence-corrected chi connectivity index (χ1v) is 9.51. The fourth-order valence-corrected chi connectivity index (χ4v) is 3.49. The minimum Gasteiger partial charge on any atom is -0.347 e. The topological polar surface area (TPSA) is 54.0 Å². The van der Waals surface area contributed by atoms with Crippen LogP contribution in [0.1, 0.15) is 46.3 Å². The van der Waals surface area contributed by atoms with E-state index in [1.165, 1.54) is 16.9 Å². The van der Waals surface area contributed by atoms with Crippen molar-refractivity contribution in [3.63, 3.8) is 0 Å². The Hall–Kier alpha value is -2.66. The molecule has 0 radical (unpaired) electrons. The Balaban J connectivity index is 1.62. The molecule has 5 heteroatoms. The number of aryl methyl sites for hydroxylation is 1. The van der Waals surface area contributed by atoms with Gasteiger partial charge in [0.15, 0.2) is 5.13 Å². The molecule has 0 spiro atoms. The van der Waals surface area contributed by atoms with Crippen LogP contribution in [-0.2, 0) is 6.54 Å². The zero-order valence-electron chi connectivity index (χ0n) is 15.2. The predicted molar refractivity (Wildman–Crippen MR) is 108 cm³/mol. The van der Waals surface area contributed by atoms with Crippen molar-refractivity contribution in [1.82, 2.24) is 10.3 Å². The van der Waals surface area contributed by atoms with Crippen LogP contribution in [-0.4, -0.2) is 10.9 Å². The fraction of sp³-hybridized carbons (Fsp3) is 0.238. The zero-order valence-corrected chi connectivity index (χ0v) is 16.1. The lowest BCUT2D eigenvalue weighted by Gasteiger charge is -2.08. The molecule has 0 aliphatic carbocycles. The van der Waals surface area contributed by atoms with E-state index in [1.54, 1.807) is 0 Å². The molecule has 0 aliphatic heterocycles. The second-order valence-electron chi connectivity index (χ2n) is 6.50. The third kappa shape index (κ3) is 4.49. The van der Waals surface area contributed by atoms with Gasteiger partial charge in [-0.2, -0.15) is 0 Å². The Morgan fingerprint density at radius 2 is 1.77 bits per heavy atom. The molecule has 1 aromatic heterocycles. The van der Waals surface area contributed by atoms with Gasteiger partial charge in [0.05, 0.1) is 5.69 Å². The van der Waals surface area contributed by atoms with E-state index >= 15 is 0 Å². The molecule has 0 fully saturated rings. The second-order valence-corrected chi connectivity index (χ2v) is 7.50. The number of anilines is 2. The smallest absolute Gasteiger partial charge is 0.263 e. The Kier molecular flexibility index (Phi) is 5.68. The summed E-state index contributed by atoms with van der Waals surface area (Å²) in [6.07, 6.45) is 0. The van der Waals surface area contributed by atoms with Crippen LogP contribution in [0.5, 0.6) is 0 Å². The normalized spacial score (nSPS) is 10.8. The monoisotopic (exact) mass is 365 g/mol. The van der Waals surface area contributed by atoms with E-state index in [-0.39, 0.29) is 5.91 Å². The highest BCUT2D eigenvalue weighted by Crippen LogP contribution is 2.25. The van der Waals surface area contributed by atoms with Crippen molar-refractivity contribution in [3.8, 4) is 0 Å². The van der Waals surface area contributed by atoms with E-state index in [0.29, 0.717) is 17.3 Å². The van der Waals surface area contributed by atoms with Gasteiger partial charge < -0.3 is 10.6 Å². The van der Waals surface area contributed by atoms with Gasteiger partial charge in [-0.3, -0.25) is 4.79 Å². The number of aromatic nitrogens is 1. The minimum absolute atomic E-state index is 0.0888. The molecule has 3 rings (SSSR count). The second kappa shape index (κ2) is 8.15. The molecule has 0 saturated heterocycles. The van der Waals surface area contributed by atoms with E-state index in [9.17, 15) is 4.79 Å². The summed E-state index contributed by atoms with van der Waals surface area (Å²) in [6, 6.07) is 18.2. The highest BCUT2D eigenvalue weighted by atomic mass is 32.1. The van der Waals surface area contributed by atoms with Gasteiger partial charge in [-0.25, -0.2) is 4.98 Å². The number of nitrogens with one attached hydrogen (secondary N) is 2. The molecule has 134 valence electrons. The Bertz CT molecular complexity index is 870. The number of amides is 1. The average molecular weight is 366 g/mol. The number of carbonyl (C=O) groups is 1. The summed E-state index contributed by atoms with van der Waals surface area (Å²) < 4.78 is 0. The van der Waals surface area contributed by atoms with Gasteiger partial charge in [0.1, 0.15) is 4.88 Å². The summed E-state index contributed by atoms with van der Waals surface area (Å²) in [6.45, 7) is 6.71. The van der Waals surface area contributed by atoms with Crippen molar-refractivity contribution in [2.75, 3.05) is 5.32 Å². The molecular formula is C21H23N3OS. The Labute approximate surface area is 158 Å². The van der Waals surface area contributed by atoms with Gasteiger partial charge in [0.2, 0.25) is 0 Å². The van der Waals surface area contributed by atoms with Crippen LogP contribution in [0.25, 0.3) is 0 Å². The van der Waals surface area contributed by atoms with Gasteiger partial charge in [0, 0.05) is 12.2 Å². The predicted octanol–water partition coefficient (Wildman–Crippen LogP) is 5.25. The number of rotatable bonds is 6. The summed E-state index contributed by atoms with van der Waals surface area (Å²) >= 11 is 1.37. The maximum absolute atomic E-state index is 12.5. The third-order valence-electron chi connectivity index (χ3n) is 4.13. The van der Waals surface area contributed by atoms with E-state index in [2.05, 4.69) is 53.7 Å². The molecule has 1 heterocycles. The molecule has 1 amide bonds. The van der Waals surface area contributed by atoms with Crippen LogP contribution < -0.4 is 10.6 Å². The maximum Gasteiger partial charge on any atom is 0.263 e. The first-order valence-electron chi connectivity index (χ1n) is 8.69. The quantitative estimate of drug-likeness (QED) is 0.627. The molecule has 26 heavy (non-hydrogen) atoms. The van der Waals surface area contributed by atoms with Crippen LogP contribution in [0.15, 0.2) is 54.6 Å². The first-order chi connectivity index (χ1) is 12.5. The summed E-state index contributed by atoms with van der Waals surface area (Å²) in [5, 5.41) is 6.95. The van der Waals surface area contributed by atoms with Crippen LogP contribution >= 0.6 is 11.3 Å². The molecule has 4 nitrogen and oxygen atoms in total.